The molecule has 1 aliphatic heterocycles. The van der Waals surface area contributed by atoms with Crippen LogP contribution < -0.4 is 14.2 Å². The second-order valence-corrected chi connectivity index (χ2v) is 7.98. The average Bonchev–Trinajstić information content (AvgIpc) is 2.86. The summed E-state index contributed by atoms with van der Waals surface area (Å²) in [5.74, 6) is 2.09. The van der Waals surface area contributed by atoms with Gasteiger partial charge in [0.2, 0.25) is 5.75 Å². The molecular formula is C28H31NO3. The van der Waals surface area contributed by atoms with Crippen LogP contribution in [-0.2, 0) is 6.54 Å². The predicted molar refractivity (Wildman–Crippen MR) is 130 cm³/mol. The molecule has 3 aromatic rings. The van der Waals surface area contributed by atoms with Crippen molar-refractivity contribution < 1.29 is 14.2 Å². The number of nitrogens with zero attached hydrogens (tertiary/aromatic N) is 1. The molecule has 1 fully saturated rings. The summed E-state index contributed by atoms with van der Waals surface area (Å²) in [7, 11) is 4.98. The minimum atomic E-state index is 0.653. The molecule has 0 unspecified atom stereocenters. The van der Waals surface area contributed by atoms with E-state index in [0.29, 0.717) is 11.5 Å². The van der Waals surface area contributed by atoms with Crippen LogP contribution in [0.3, 0.4) is 0 Å². The Hall–Kier alpha value is -3.24. The van der Waals surface area contributed by atoms with E-state index in [2.05, 4.69) is 71.6 Å². The van der Waals surface area contributed by atoms with Gasteiger partial charge < -0.3 is 14.2 Å². The lowest BCUT2D eigenvalue weighted by Gasteiger charge is -2.31. The molecule has 1 aliphatic rings. The maximum atomic E-state index is 5.69. The Bertz CT molecular complexity index is 1010. The van der Waals surface area contributed by atoms with Crippen LogP contribution in [-0.4, -0.2) is 39.3 Å². The second-order valence-electron chi connectivity index (χ2n) is 7.98. The molecule has 0 amide bonds. The van der Waals surface area contributed by atoms with Crippen LogP contribution in [0.15, 0.2) is 78.4 Å². The molecule has 1 saturated heterocycles. The Morgan fingerprint density at radius 1 is 0.688 bits per heavy atom. The van der Waals surface area contributed by atoms with Crippen LogP contribution in [0.25, 0.3) is 5.57 Å². The van der Waals surface area contributed by atoms with Gasteiger partial charge in [0.1, 0.15) is 0 Å². The normalized spacial score (nSPS) is 14.2. The van der Waals surface area contributed by atoms with Crippen molar-refractivity contribution >= 4 is 5.57 Å². The second kappa shape index (κ2) is 10.4. The minimum Gasteiger partial charge on any atom is -0.493 e. The van der Waals surface area contributed by atoms with Crippen LogP contribution >= 0.6 is 0 Å². The van der Waals surface area contributed by atoms with Crippen molar-refractivity contribution in [2.75, 3.05) is 34.4 Å². The summed E-state index contributed by atoms with van der Waals surface area (Å²) in [5, 5.41) is 0. The Morgan fingerprint density at radius 3 is 1.75 bits per heavy atom. The van der Waals surface area contributed by atoms with E-state index in [1.165, 1.54) is 22.3 Å². The van der Waals surface area contributed by atoms with Crippen molar-refractivity contribution in [1.82, 2.24) is 4.90 Å². The van der Waals surface area contributed by atoms with Gasteiger partial charge in [0.25, 0.3) is 0 Å². The summed E-state index contributed by atoms with van der Waals surface area (Å²) in [6, 6.07) is 25.5. The Balaban J connectivity index is 1.56. The van der Waals surface area contributed by atoms with Crippen molar-refractivity contribution in [3.05, 3.63) is 95.1 Å². The highest BCUT2D eigenvalue weighted by Crippen LogP contribution is 2.40. The Labute approximate surface area is 191 Å². The first-order valence-corrected chi connectivity index (χ1v) is 11.1. The van der Waals surface area contributed by atoms with Crippen LogP contribution in [0.2, 0.25) is 0 Å². The monoisotopic (exact) mass is 429 g/mol. The van der Waals surface area contributed by atoms with Crippen LogP contribution in [0.4, 0.5) is 0 Å². The average molecular weight is 430 g/mol. The predicted octanol–water partition coefficient (Wildman–Crippen LogP) is 5.81. The first-order valence-electron chi connectivity index (χ1n) is 11.1. The molecule has 0 saturated carbocycles. The summed E-state index contributed by atoms with van der Waals surface area (Å²) in [6.07, 6.45) is 2.10. The summed E-state index contributed by atoms with van der Waals surface area (Å²) >= 11 is 0. The van der Waals surface area contributed by atoms with E-state index in [1.54, 1.807) is 21.3 Å². The first kappa shape index (κ1) is 22.0. The standard InChI is InChI=1S/C28H31NO3/c1-30-25-15-14-24(27(31-2)28(25)32-3)20-29-18-16-23(17-19-29)26(21-10-6-4-7-11-21)22-12-8-5-9-13-22/h4-15H,16-20H2,1-3H3. The quantitative estimate of drug-likeness (QED) is 0.474. The number of methoxy groups -OCH3 is 3. The summed E-state index contributed by atoms with van der Waals surface area (Å²) in [6.45, 7) is 2.84. The molecule has 0 aliphatic carbocycles. The van der Waals surface area contributed by atoms with Crippen LogP contribution in [0, 0.1) is 0 Å². The van der Waals surface area contributed by atoms with Crippen molar-refractivity contribution in [1.29, 1.82) is 0 Å². The lowest BCUT2D eigenvalue weighted by atomic mass is 9.88. The summed E-state index contributed by atoms with van der Waals surface area (Å²) in [5.41, 5.74) is 6.61. The van der Waals surface area contributed by atoms with Crippen molar-refractivity contribution in [2.45, 2.75) is 19.4 Å². The third kappa shape index (κ3) is 4.66. The van der Waals surface area contributed by atoms with E-state index in [1.807, 2.05) is 6.07 Å². The molecule has 0 radical (unpaired) electrons. The number of rotatable bonds is 7. The molecule has 1 heterocycles. The Morgan fingerprint density at radius 2 is 1.25 bits per heavy atom. The molecular weight excluding hydrogens is 398 g/mol. The number of benzene rings is 3. The molecule has 32 heavy (non-hydrogen) atoms. The van der Waals surface area contributed by atoms with Gasteiger partial charge in [-0.15, -0.1) is 0 Å². The lowest BCUT2D eigenvalue weighted by Crippen LogP contribution is -2.30. The topological polar surface area (TPSA) is 30.9 Å². The minimum absolute atomic E-state index is 0.653. The lowest BCUT2D eigenvalue weighted by molar-refractivity contribution is 0.242. The van der Waals surface area contributed by atoms with Gasteiger partial charge in [-0.1, -0.05) is 72.3 Å². The van der Waals surface area contributed by atoms with Gasteiger partial charge in [0.15, 0.2) is 11.5 Å². The Kier molecular flexibility index (Phi) is 7.13. The number of hydrogen-bond acceptors (Lipinski definition) is 4. The maximum absolute atomic E-state index is 5.69. The molecule has 4 heteroatoms. The third-order valence-corrected chi connectivity index (χ3v) is 6.12. The zero-order valence-corrected chi connectivity index (χ0v) is 19.1. The number of likely N-dealkylation sites (tertiary alicyclic amines) is 1. The van der Waals surface area contributed by atoms with Crippen LogP contribution in [0.1, 0.15) is 29.5 Å². The number of piperidine rings is 1. The van der Waals surface area contributed by atoms with E-state index in [0.717, 1.165) is 43.8 Å². The van der Waals surface area contributed by atoms with Crippen molar-refractivity contribution in [3.63, 3.8) is 0 Å². The first-order chi connectivity index (χ1) is 15.7. The van der Waals surface area contributed by atoms with Gasteiger partial charge in [0, 0.05) is 25.2 Å². The molecule has 0 N–H and O–H groups in total. The van der Waals surface area contributed by atoms with Gasteiger partial charge in [-0.25, -0.2) is 0 Å². The van der Waals surface area contributed by atoms with Gasteiger partial charge >= 0.3 is 0 Å². The molecule has 3 aromatic carbocycles. The summed E-state index contributed by atoms with van der Waals surface area (Å²) < 4.78 is 16.7. The largest absolute Gasteiger partial charge is 0.493 e. The molecule has 4 rings (SSSR count). The van der Waals surface area contributed by atoms with Gasteiger partial charge in [-0.3, -0.25) is 4.90 Å². The molecule has 0 atom stereocenters. The third-order valence-electron chi connectivity index (χ3n) is 6.12. The van der Waals surface area contributed by atoms with Gasteiger partial charge in [0.05, 0.1) is 21.3 Å². The van der Waals surface area contributed by atoms with E-state index in [-0.39, 0.29) is 0 Å². The van der Waals surface area contributed by atoms with Gasteiger partial charge in [-0.2, -0.15) is 0 Å². The fourth-order valence-corrected chi connectivity index (χ4v) is 4.54. The highest BCUT2D eigenvalue weighted by atomic mass is 16.5. The fourth-order valence-electron chi connectivity index (χ4n) is 4.54. The zero-order chi connectivity index (χ0) is 22.3. The molecule has 0 spiro atoms. The van der Waals surface area contributed by atoms with E-state index >= 15 is 0 Å². The van der Waals surface area contributed by atoms with Crippen molar-refractivity contribution in [2.24, 2.45) is 0 Å². The number of ether oxygens (including phenoxy) is 3. The van der Waals surface area contributed by atoms with E-state index in [4.69, 9.17) is 14.2 Å². The van der Waals surface area contributed by atoms with Crippen LogP contribution in [0.5, 0.6) is 17.2 Å². The zero-order valence-electron chi connectivity index (χ0n) is 19.1. The van der Waals surface area contributed by atoms with Crippen molar-refractivity contribution in [3.8, 4) is 17.2 Å². The fraction of sp³-hybridized carbons (Fsp3) is 0.286. The number of hydrogen-bond donors (Lipinski definition) is 0. The van der Waals surface area contributed by atoms with E-state index < -0.39 is 0 Å². The highest BCUT2D eigenvalue weighted by Gasteiger charge is 2.22. The molecule has 4 nitrogen and oxygen atoms in total. The maximum Gasteiger partial charge on any atom is 0.203 e. The van der Waals surface area contributed by atoms with Gasteiger partial charge in [-0.05, 0) is 35.6 Å². The molecule has 0 bridgehead atoms. The SMILES string of the molecule is COc1ccc(CN2CCC(=C(c3ccccc3)c3ccccc3)CC2)c(OC)c1OC. The summed E-state index contributed by atoms with van der Waals surface area (Å²) in [4.78, 5) is 2.49. The highest BCUT2D eigenvalue weighted by molar-refractivity contribution is 5.82. The smallest absolute Gasteiger partial charge is 0.203 e. The molecule has 166 valence electrons. The molecule has 0 aromatic heterocycles. The van der Waals surface area contributed by atoms with E-state index in [9.17, 15) is 0 Å².